The fourth-order valence-corrected chi connectivity index (χ4v) is 2.19. The first kappa shape index (κ1) is 9.04. The summed E-state index contributed by atoms with van der Waals surface area (Å²) in [6.07, 6.45) is 0.385. The smallest absolute Gasteiger partial charge is 0.132 e. The van der Waals surface area contributed by atoms with Crippen LogP contribution in [0.1, 0.15) is 25.5 Å². The van der Waals surface area contributed by atoms with Gasteiger partial charge in [-0.2, -0.15) is 0 Å². The highest BCUT2D eigenvalue weighted by atomic mass is 16.6. The van der Waals surface area contributed by atoms with Gasteiger partial charge in [0.1, 0.15) is 29.3 Å². The molecule has 0 aliphatic carbocycles. The van der Waals surface area contributed by atoms with Crippen molar-refractivity contribution in [3.05, 3.63) is 23.8 Å². The van der Waals surface area contributed by atoms with E-state index in [9.17, 15) is 0 Å². The Morgan fingerprint density at radius 1 is 1.33 bits per heavy atom. The van der Waals surface area contributed by atoms with Gasteiger partial charge in [-0.15, -0.1) is 0 Å². The normalized spacial score (nSPS) is 29.8. The largest absolute Gasteiger partial charge is 0.497 e. The molecule has 2 atom stereocenters. The Balaban J connectivity index is 2.05. The molecule has 3 heteroatoms. The summed E-state index contributed by atoms with van der Waals surface area (Å²) in [6.45, 7) is 4.12. The van der Waals surface area contributed by atoms with Crippen LogP contribution in [0, 0.1) is 0 Å². The summed E-state index contributed by atoms with van der Waals surface area (Å²) in [5.74, 6) is 1.77. The molecule has 1 aromatic carbocycles. The van der Waals surface area contributed by atoms with E-state index in [4.69, 9.17) is 14.2 Å². The summed E-state index contributed by atoms with van der Waals surface area (Å²) in [4.78, 5) is 0. The summed E-state index contributed by atoms with van der Waals surface area (Å²) in [5, 5.41) is 0. The predicted molar refractivity (Wildman–Crippen MR) is 55.3 cm³/mol. The van der Waals surface area contributed by atoms with E-state index in [2.05, 4.69) is 13.8 Å². The summed E-state index contributed by atoms with van der Waals surface area (Å²) in [7, 11) is 1.67. The molecular weight excluding hydrogens is 192 g/mol. The molecule has 3 nitrogen and oxygen atoms in total. The van der Waals surface area contributed by atoms with Crippen molar-refractivity contribution in [1.82, 2.24) is 0 Å². The molecule has 1 fully saturated rings. The lowest BCUT2D eigenvalue weighted by Gasteiger charge is -2.29. The van der Waals surface area contributed by atoms with Crippen molar-refractivity contribution in [3.8, 4) is 11.5 Å². The molecule has 0 aromatic heterocycles. The Hall–Kier alpha value is -1.22. The van der Waals surface area contributed by atoms with E-state index in [1.807, 2.05) is 18.2 Å². The fourth-order valence-electron chi connectivity index (χ4n) is 2.19. The average molecular weight is 206 g/mol. The highest BCUT2D eigenvalue weighted by Gasteiger charge is 2.56. The molecule has 0 amide bonds. The van der Waals surface area contributed by atoms with E-state index in [0.29, 0.717) is 0 Å². The van der Waals surface area contributed by atoms with Gasteiger partial charge in [0.25, 0.3) is 0 Å². The topological polar surface area (TPSA) is 31.0 Å². The number of hydrogen-bond donors (Lipinski definition) is 0. The van der Waals surface area contributed by atoms with Crippen LogP contribution in [-0.2, 0) is 4.74 Å². The van der Waals surface area contributed by atoms with Gasteiger partial charge < -0.3 is 14.2 Å². The molecule has 2 aliphatic rings. The standard InChI is InChI=1S/C12H14O3/c1-12(2)11-10(14-11)8-6-7(13-3)4-5-9(8)15-12/h4-6,10-11H,1-3H3/t10-,11-/m0/s1. The van der Waals surface area contributed by atoms with E-state index in [1.54, 1.807) is 7.11 Å². The van der Waals surface area contributed by atoms with Gasteiger partial charge in [-0.25, -0.2) is 0 Å². The quantitative estimate of drug-likeness (QED) is 0.661. The highest BCUT2D eigenvalue weighted by Crippen LogP contribution is 2.54. The first-order valence-corrected chi connectivity index (χ1v) is 5.14. The predicted octanol–water partition coefficient (Wildman–Crippen LogP) is 2.31. The van der Waals surface area contributed by atoms with E-state index >= 15 is 0 Å². The fraction of sp³-hybridized carbons (Fsp3) is 0.500. The van der Waals surface area contributed by atoms with Crippen LogP contribution in [0.4, 0.5) is 0 Å². The van der Waals surface area contributed by atoms with Crippen LogP contribution >= 0.6 is 0 Å². The molecular formula is C12H14O3. The maximum absolute atomic E-state index is 5.89. The van der Waals surface area contributed by atoms with Crippen LogP contribution in [0.5, 0.6) is 11.5 Å². The van der Waals surface area contributed by atoms with Crippen LogP contribution in [0.15, 0.2) is 18.2 Å². The Labute approximate surface area is 89.0 Å². The highest BCUT2D eigenvalue weighted by molar-refractivity contribution is 5.46. The van der Waals surface area contributed by atoms with Crippen molar-refractivity contribution in [2.45, 2.75) is 31.7 Å². The number of epoxide rings is 1. The molecule has 1 saturated heterocycles. The second kappa shape index (κ2) is 2.67. The van der Waals surface area contributed by atoms with E-state index in [0.717, 1.165) is 17.1 Å². The third-order valence-corrected chi connectivity index (χ3v) is 3.07. The summed E-state index contributed by atoms with van der Waals surface area (Å²) in [6, 6.07) is 5.86. The molecule has 2 aliphatic heterocycles. The molecule has 0 N–H and O–H groups in total. The maximum atomic E-state index is 5.89. The number of ether oxygens (including phenoxy) is 3. The Bertz CT molecular complexity index is 411. The Morgan fingerprint density at radius 2 is 2.13 bits per heavy atom. The lowest BCUT2D eigenvalue weighted by Crippen LogP contribution is -2.37. The van der Waals surface area contributed by atoms with Gasteiger partial charge in [0.15, 0.2) is 0 Å². The minimum atomic E-state index is -0.216. The van der Waals surface area contributed by atoms with E-state index in [1.165, 1.54) is 0 Å². The second-order valence-corrected chi connectivity index (χ2v) is 4.59. The van der Waals surface area contributed by atoms with Crippen molar-refractivity contribution in [2.75, 3.05) is 7.11 Å². The van der Waals surface area contributed by atoms with Gasteiger partial charge in [-0.1, -0.05) is 0 Å². The van der Waals surface area contributed by atoms with Crippen molar-refractivity contribution in [1.29, 1.82) is 0 Å². The number of hydrogen-bond acceptors (Lipinski definition) is 3. The molecule has 15 heavy (non-hydrogen) atoms. The van der Waals surface area contributed by atoms with Gasteiger partial charge in [0, 0.05) is 5.56 Å². The van der Waals surface area contributed by atoms with Gasteiger partial charge in [-0.05, 0) is 32.0 Å². The van der Waals surface area contributed by atoms with E-state index < -0.39 is 0 Å². The van der Waals surface area contributed by atoms with Gasteiger partial charge in [0.2, 0.25) is 0 Å². The molecule has 3 rings (SSSR count). The first-order valence-electron chi connectivity index (χ1n) is 5.14. The van der Waals surface area contributed by atoms with Crippen molar-refractivity contribution in [3.63, 3.8) is 0 Å². The molecule has 0 saturated carbocycles. The number of benzene rings is 1. The molecule has 0 radical (unpaired) electrons. The monoisotopic (exact) mass is 206 g/mol. The summed E-state index contributed by atoms with van der Waals surface area (Å²) in [5.41, 5.74) is 0.894. The molecule has 1 aromatic rings. The zero-order chi connectivity index (χ0) is 10.6. The molecule has 2 heterocycles. The molecule has 80 valence electrons. The summed E-state index contributed by atoms with van der Waals surface area (Å²) < 4.78 is 16.7. The lowest BCUT2D eigenvalue weighted by molar-refractivity contribution is 0.0724. The van der Waals surface area contributed by atoms with Gasteiger partial charge in [-0.3, -0.25) is 0 Å². The van der Waals surface area contributed by atoms with Crippen molar-refractivity contribution >= 4 is 0 Å². The SMILES string of the molecule is COc1ccc2c(c1)[C@@H]1O[C@@H]1C(C)(C)O2. The maximum Gasteiger partial charge on any atom is 0.132 e. The van der Waals surface area contributed by atoms with Crippen molar-refractivity contribution in [2.24, 2.45) is 0 Å². The van der Waals surface area contributed by atoms with Crippen LogP contribution in [-0.4, -0.2) is 18.8 Å². The minimum absolute atomic E-state index is 0.192. The van der Waals surface area contributed by atoms with Crippen LogP contribution in [0.3, 0.4) is 0 Å². The van der Waals surface area contributed by atoms with Gasteiger partial charge >= 0.3 is 0 Å². The molecule has 0 bridgehead atoms. The minimum Gasteiger partial charge on any atom is -0.497 e. The van der Waals surface area contributed by atoms with Crippen LogP contribution in [0.25, 0.3) is 0 Å². The van der Waals surface area contributed by atoms with Crippen LogP contribution in [0.2, 0.25) is 0 Å². The third-order valence-electron chi connectivity index (χ3n) is 3.07. The first-order chi connectivity index (χ1) is 7.12. The Morgan fingerprint density at radius 3 is 2.87 bits per heavy atom. The van der Waals surface area contributed by atoms with Crippen LogP contribution < -0.4 is 9.47 Å². The molecule has 0 unspecified atom stereocenters. The average Bonchev–Trinajstić information content (AvgIpc) is 2.97. The molecule has 0 spiro atoms. The third kappa shape index (κ3) is 1.23. The number of rotatable bonds is 1. The van der Waals surface area contributed by atoms with E-state index in [-0.39, 0.29) is 17.8 Å². The lowest BCUT2D eigenvalue weighted by atomic mass is 9.94. The van der Waals surface area contributed by atoms with Crippen molar-refractivity contribution < 1.29 is 14.2 Å². The Kier molecular flexibility index (Phi) is 1.61. The number of methoxy groups -OCH3 is 1. The zero-order valence-corrected chi connectivity index (χ0v) is 9.11. The number of fused-ring (bicyclic) bond motifs is 3. The zero-order valence-electron chi connectivity index (χ0n) is 9.11. The summed E-state index contributed by atoms with van der Waals surface area (Å²) >= 11 is 0. The van der Waals surface area contributed by atoms with Gasteiger partial charge in [0.05, 0.1) is 7.11 Å². The second-order valence-electron chi connectivity index (χ2n) is 4.59.